The second-order valence-electron chi connectivity index (χ2n) is 12.3. The number of hydrogen-bond acceptors (Lipinski definition) is 1. The van der Waals surface area contributed by atoms with Crippen LogP contribution in [0.15, 0.2) is 115 Å². The van der Waals surface area contributed by atoms with E-state index >= 15 is 0 Å². The van der Waals surface area contributed by atoms with E-state index in [1.54, 1.807) is 0 Å². The zero-order chi connectivity index (χ0) is 30.0. The van der Waals surface area contributed by atoms with Crippen LogP contribution < -0.4 is 4.74 Å². The molecule has 5 aromatic rings. The standard InChI is InChI=1S/C43H46O/c1-2-3-4-5-6-7-8-9-10-19-30-44-37-28-26-33(27-29-37)39-32-40-38-25-18-17-24-36(38)31-41(40)43(35-22-15-12-16-23-35)42(39)34-20-13-11-14-21-34/h11-18,20-29,32H,2-10,19,30-31H2,1H3. The average Bonchev–Trinajstić information content (AvgIpc) is 3.46. The Bertz CT molecular complexity index is 1620. The molecule has 0 spiro atoms. The van der Waals surface area contributed by atoms with Gasteiger partial charge in [-0.2, -0.15) is 0 Å². The van der Waals surface area contributed by atoms with Crippen molar-refractivity contribution >= 4 is 0 Å². The monoisotopic (exact) mass is 578 g/mol. The molecule has 0 heterocycles. The molecule has 0 aromatic heterocycles. The molecule has 5 aromatic carbocycles. The molecule has 224 valence electrons. The topological polar surface area (TPSA) is 9.23 Å². The Kier molecular flexibility index (Phi) is 10.3. The van der Waals surface area contributed by atoms with E-state index in [4.69, 9.17) is 4.74 Å². The van der Waals surface area contributed by atoms with Gasteiger partial charge in [-0.1, -0.05) is 162 Å². The zero-order valence-electron chi connectivity index (χ0n) is 26.4. The molecule has 44 heavy (non-hydrogen) atoms. The summed E-state index contributed by atoms with van der Waals surface area (Å²) in [5.41, 5.74) is 13.2. The number of benzene rings is 5. The number of hydrogen-bond donors (Lipinski definition) is 0. The molecule has 0 unspecified atom stereocenters. The van der Waals surface area contributed by atoms with Crippen molar-refractivity contribution < 1.29 is 4.74 Å². The van der Waals surface area contributed by atoms with Gasteiger partial charge in [0.05, 0.1) is 6.61 Å². The Morgan fingerprint density at radius 3 is 1.70 bits per heavy atom. The summed E-state index contributed by atoms with van der Waals surface area (Å²) >= 11 is 0. The van der Waals surface area contributed by atoms with Crippen molar-refractivity contribution in [2.75, 3.05) is 6.61 Å². The molecule has 1 nitrogen and oxygen atoms in total. The number of rotatable bonds is 15. The predicted octanol–water partition coefficient (Wildman–Crippen LogP) is 12.6. The Labute approximate surface area is 265 Å². The molecule has 0 radical (unpaired) electrons. The molecule has 0 amide bonds. The summed E-state index contributed by atoms with van der Waals surface area (Å²) < 4.78 is 6.20. The van der Waals surface area contributed by atoms with Crippen LogP contribution in [0.2, 0.25) is 0 Å². The molecule has 1 aliphatic carbocycles. The van der Waals surface area contributed by atoms with Crippen LogP contribution in [0.25, 0.3) is 44.5 Å². The van der Waals surface area contributed by atoms with Crippen molar-refractivity contribution in [1.29, 1.82) is 0 Å². The van der Waals surface area contributed by atoms with E-state index in [0.717, 1.165) is 25.2 Å². The molecule has 0 aliphatic heterocycles. The second-order valence-corrected chi connectivity index (χ2v) is 12.3. The second kappa shape index (κ2) is 15.1. The maximum Gasteiger partial charge on any atom is 0.119 e. The highest BCUT2D eigenvalue weighted by Gasteiger charge is 2.27. The molecule has 0 fully saturated rings. The summed E-state index contributed by atoms with van der Waals surface area (Å²) in [5.74, 6) is 0.959. The number of unbranched alkanes of at least 4 members (excludes halogenated alkanes) is 9. The maximum atomic E-state index is 6.20. The fraction of sp³-hybridized carbons (Fsp3) is 0.302. The summed E-state index contributed by atoms with van der Waals surface area (Å²) in [4.78, 5) is 0. The third-order valence-electron chi connectivity index (χ3n) is 9.17. The van der Waals surface area contributed by atoms with Crippen LogP contribution in [0.1, 0.15) is 82.3 Å². The molecule has 0 saturated carbocycles. The summed E-state index contributed by atoms with van der Waals surface area (Å²) in [7, 11) is 0. The molecule has 6 rings (SSSR count). The van der Waals surface area contributed by atoms with Gasteiger partial charge in [0.1, 0.15) is 5.75 Å². The van der Waals surface area contributed by atoms with Crippen molar-refractivity contribution in [3.8, 4) is 50.3 Å². The Hall–Kier alpha value is -4.10. The third-order valence-corrected chi connectivity index (χ3v) is 9.17. The highest BCUT2D eigenvalue weighted by atomic mass is 16.5. The lowest BCUT2D eigenvalue weighted by atomic mass is 9.82. The summed E-state index contributed by atoms with van der Waals surface area (Å²) in [6, 6.07) is 42.0. The van der Waals surface area contributed by atoms with Crippen molar-refractivity contribution in [3.05, 3.63) is 126 Å². The molecule has 1 heteroatoms. The minimum atomic E-state index is 0.791. The maximum absolute atomic E-state index is 6.20. The van der Waals surface area contributed by atoms with Crippen molar-refractivity contribution in [3.63, 3.8) is 0 Å². The molecular formula is C43H46O. The largest absolute Gasteiger partial charge is 0.494 e. The lowest BCUT2D eigenvalue weighted by molar-refractivity contribution is 0.304. The molecule has 0 saturated heterocycles. The normalized spacial score (nSPS) is 11.8. The van der Waals surface area contributed by atoms with Gasteiger partial charge < -0.3 is 4.74 Å². The first-order chi connectivity index (χ1) is 21.8. The van der Waals surface area contributed by atoms with Gasteiger partial charge in [0.25, 0.3) is 0 Å². The van der Waals surface area contributed by atoms with Gasteiger partial charge in [0, 0.05) is 0 Å². The van der Waals surface area contributed by atoms with E-state index in [1.165, 1.54) is 113 Å². The Balaban J connectivity index is 1.23. The quantitative estimate of drug-likeness (QED) is 0.110. The van der Waals surface area contributed by atoms with E-state index < -0.39 is 0 Å². The smallest absolute Gasteiger partial charge is 0.119 e. The van der Waals surface area contributed by atoms with Crippen LogP contribution in [-0.2, 0) is 6.42 Å². The lowest BCUT2D eigenvalue weighted by Gasteiger charge is -2.21. The van der Waals surface area contributed by atoms with Crippen molar-refractivity contribution in [2.24, 2.45) is 0 Å². The molecule has 0 atom stereocenters. The minimum Gasteiger partial charge on any atom is -0.494 e. The van der Waals surface area contributed by atoms with E-state index in [0.29, 0.717) is 0 Å². The minimum absolute atomic E-state index is 0.791. The summed E-state index contributed by atoms with van der Waals surface area (Å²) in [5, 5.41) is 0. The molecular weight excluding hydrogens is 532 g/mol. The van der Waals surface area contributed by atoms with E-state index in [2.05, 4.69) is 122 Å². The Morgan fingerprint density at radius 1 is 0.477 bits per heavy atom. The van der Waals surface area contributed by atoms with Crippen molar-refractivity contribution in [1.82, 2.24) is 0 Å². The number of fused-ring (bicyclic) bond motifs is 3. The fourth-order valence-corrected chi connectivity index (χ4v) is 6.84. The first-order valence-corrected chi connectivity index (χ1v) is 17.0. The molecule has 0 bridgehead atoms. The van der Waals surface area contributed by atoms with Gasteiger partial charge in [-0.15, -0.1) is 0 Å². The van der Waals surface area contributed by atoms with Crippen molar-refractivity contribution in [2.45, 2.75) is 77.6 Å². The van der Waals surface area contributed by atoms with Crippen LogP contribution in [0.4, 0.5) is 0 Å². The lowest BCUT2D eigenvalue weighted by Crippen LogP contribution is -1.98. The van der Waals surface area contributed by atoms with E-state index in [1.807, 2.05) is 0 Å². The number of ether oxygens (including phenoxy) is 1. The molecule has 1 aliphatic rings. The van der Waals surface area contributed by atoms with Crippen LogP contribution in [-0.4, -0.2) is 6.61 Å². The van der Waals surface area contributed by atoms with Gasteiger partial charge in [0.2, 0.25) is 0 Å². The van der Waals surface area contributed by atoms with E-state index in [-0.39, 0.29) is 0 Å². The highest BCUT2D eigenvalue weighted by Crippen LogP contribution is 2.50. The van der Waals surface area contributed by atoms with Gasteiger partial charge in [-0.25, -0.2) is 0 Å². The van der Waals surface area contributed by atoms with Crippen LogP contribution in [0.5, 0.6) is 5.75 Å². The van der Waals surface area contributed by atoms with E-state index in [9.17, 15) is 0 Å². The predicted molar refractivity (Wildman–Crippen MR) is 188 cm³/mol. The zero-order valence-corrected chi connectivity index (χ0v) is 26.4. The van der Waals surface area contributed by atoms with Gasteiger partial charge in [-0.3, -0.25) is 0 Å². The van der Waals surface area contributed by atoms with Crippen LogP contribution in [0.3, 0.4) is 0 Å². The first-order valence-electron chi connectivity index (χ1n) is 17.0. The average molecular weight is 579 g/mol. The van der Waals surface area contributed by atoms with Crippen LogP contribution in [0, 0.1) is 0 Å². The Morgan fingerprint density at radius 2 is 1.05 bits per heavy atom. The first kappa shape index (κ1) is 29.9. The van der Waals surface area contributed by atoms with Gasteiger partial charge >= 0.3 is 0 Å². The third kappa shape index (κ3) is 6.99. The highest BCUT2D eigenvalue weighted by molar-refractivity contribution is 6.01. The van der Waals surface area contributed by atoms with Crippen LogP contribution >= 0.6 is 0 Å². The summed E-state index contributed by atoms with van der Waals surface area (Å²) in [6.45, 7) is 3.08. The summed E-state index contributed by atoms with van der Waals surface area (Å²) in [6.07, 6.45) is 14.4. The SMILES string of the molecule is CCCCCCCCCCCCOc1ccc(-c2cc3c(c(-c4ccccc4)c2-c2ccccc2)Cc2ccccc2-3)cc1. The fourth-order valence-electron chi connectivity index (χ4n) is 6.84. The van der Waals surface area contributed by atoms with Gasteiger partial charge in [-0.05, 0) is 86.7 Å². The molecule has 0 N–H and O–H groups in total. The van der Waals surface area contributed by atoms with Gasteiger partial charge in [0.15, 0.2) is 0 Å².